The molecule has 0 aliphatic rings. The number of carbonyl (C=O) groups excluding carboxylic acids is 1. The van der Waals surface area contributed by atoms with Gasteiger partial charge in [0.25, 0.3) is 5.91 Å². The number of rotatable bonds is 8. The summed E-state index contributed by atoms with van der Waals surface area (Å²) in [6.07, 6.45) is 0.0235. The third-order valence-corrected chi connectivity index (χ3v) is 5.52. The molecule has 0 bridgehead atoms. The van der Waals surface area contributed by atoms with E-state index in [1.165, 1.54) is 31.3 Å². The van der Waals surface area contributed by atoms with Gasteiger partial charge in [-0.1, -0.05) is 12.1 Å². The molecule has 1 N–H and O–H groups in total. The van der Waals surface area contributed by atoms with E-state index in [0.29, 0.717) is 11.4 Å². The molecule has 6 nitrogen and oxygen atoms in total. The van der Waals surface area contributed by atoms with Gasteiger partial charge >= 0.3 is 0 Å². The molecule has 0 saturated heterocycles. The minimum absolute atomic E-state index is 0.0235. The lowest BCUT2D eigenvalue weighted by Crippen LogP contribution is -2.35. The van der Waals surface area contributed by atoms with Crippen molar-refractivity contribution in [3.8, 4) is 5.75 Å². The maximum absolute atomic E-state index is 13.6. The Kier molecular flexibility index (Phi) is 6.79. The Morgan fingerprint density at radius 2 is 1.78 bits per heavy atom. The Morgan fingerprint density at radius 1 is 1.15 bits per heavy atom. The molecule has 0 atom stereocenters. The Hall–Kier alpha value is -2.61. The van der Waals surface area contributed by atoms with Gasteiger partial charge in [0.1, 0.15) is 11.6 Å². The second-order valence-corrected chi connectivity index (χ2v) is 8.30. The molecule has 0 unspecified atom stereocenters. The fraction of sp³-hybridized carbons (Fsp3) is 0.316. The standard InChI is InChI=1S/C19H23FN2O4S/c1-14(2)26-16-10-8-15(9-11-16)22(3)27(24,25)13-12-21-19(23)17-6-4-5-7-18(17)20/h4-11,14H,12-13H2,1-3H3,(H,21,23). The predicted octanol–water partition coefficient (Wildman–Crippen LogP) is 2.81. The molecule has 2 aromatic carbocycles. The lowest BCUT2D eigenvalue weighted by Gasteiger charge is -2.20. The summed E-state index contributed by atoms with van der Waals surface area (Å²) in [5, 5.41) is 2.43. The van der Waals surface area contributed by atoms with Crippen molar-refractivity contribution in [3.05, 3.63) is 59.9 Å². The third-order valence-electron chi connectivity index (χ3n) is 3.75. The first-order chi connectivity index (χ1) is 12.7. The molecule has 0 aliphatic carbocycles. The van der Waals surface area contributed by atoms with Crippen molar-refractivity contribution in [2.45, 2.75) is 20.0 Å². The first-order valence-corrected chi connectivity index (χ1v) is 10.1. The van der Waals surface area contributed by atoms with Gasteiger partial charge in [0.05, 0.1) is 23.1 Å². The minimum Gasteiger partial charge on any atom is -0.491 e. The highest BCUT2D eigenvalue weighted by Crippen LogP contribution is 2.21. The summed E-state index contributed by atoms with van der Waals surface area (Å²) in [7, 11) is -2.22. The molecule has 0 radical (unpaired) electrons. The monoisotopic (exact) mass is 394 g/mol. The molecular formula is C19H23FN2O4S. The average molecular weight is 394 g/mol. The van der Waals surface area contributed by atoms with E-state index < -0.39 is 21.7 Å². The van der Waals surface area contributed by atoms with Gasteiger partial charge in [-0.3, -0.25) is 9.10 Å². The lowest BCUT2D eigenvalue weighted by atomic mass is 10.2. The van der Waals surface area contributed by atoms with Crippen LogP contribution < -0.4 is 14.4 Å². The van der Waals surface area contributed by atoms with Crippen LogP contribution in [0.25, 0.3) is 0 Å². The summed E-state index contributed by atoms with van der Waals surface area (Å²) < 4.78 is 45.1. The molecule has 0 aromatic heterocycles. The number of nitrogens with one attached hydrogen (secondary N) is 1. The maximum Gasteiger partial charge on any atom is 0.254 e. The van der Waals surface area contributed by atoms with Gasteiger partial charge in [-0.05, 0) is 50.2 Å². The number of benzene rings is 2. The van der Waals surface area contributed by atoms with Gasteiger partial charge in [-0.15, -0.1) is 0 Å². The number of carbonyl (C=O) groups is 1. The number of hydrogen-bond acceptors (Lipinski definition) is 4. The van der Waals surface area contributed by atoms with Crippen LogP contribution in [0.5, 0.6) is 5.75 Å². The van der Waals surface area contributed by atoms with E-state index in [1.54, 1.807) is 24.3 Å². The Morgan fingerprint density at radius 3 is 2.37 bits per heavy atom. The van der Waals surface area contributed by atoms with Crippen LogP contribution in [0.3, 0.4) is 0 Å². The smallest absolute Gasteiger partial charge is 0.254 e. The van der Waals surface area contributed by atoms with Crippen LogP contribution in [0.2, 0.25) is 0 Å². The van der Waals surface area contributed by atoms with E-state index in [9.17, 15) is 17.6 Å². The van der Waals surface area contributed by atoms with Crippen LogP contribution in [0.1, 0.15) is 24.2 Å². The maximum atomic E-state index is 13.6. The van der Waals surface area contributed by atoms with Crippen LogP contribution in [-0.4, -0.2) is 39.8 Å². The Labute approximate surface area is 159 Å². The highest BCUT2D eigenvalue weighted by molar-refractivity contribution is 7.92. The van der Waals surface area contributed by atoms with Crippen LogP contribution in [0.4, 0.5) is 10.1 Å². The van der Waals surface area contributed by atoms with Crippen molar-refractivity contribution in [2.75, 3.05) is 23.7 Å². The number of sulfonamides is 1. The van der Waals surface area contributed by atoms with Gasteiger partial charge in [-0.25, -0.2) is 12.8 Å². The summed E-state index contributed by atoms with van der Waals surface area (Å²) in [4.78, 5) is 11.9. The quantitative estimate of drug-likeness (QED) is 0.747. The second kappa shape index (κ2) is 8.85. The van der Waals surface area contributed by atoms with Crippen LogP contribution in [0.15, 0.2) is 48.5 Å². The summed E-state index contributed by atoms with van der Waals surface area (Å²) in [6, 6.07) is 12.2. The summed E-state index contributed by atoms with van der Waals surface area (Å²) in [5.74, 6) is -0.968. The van der Waals surface area contributed by atoms with Crippen molar-refractivity contribution >= 4 is 21.6 Å². The first kappa shape index (κ1) is 20.7. The van der Waals surface area contributed by atoms with E-state index in [4.69, 9.17) is 4.74 Å². The number of ether oxygens (including phenoxy) is 1. The lowest BCUT2D eigenvalue weighted by molar-refractivity contribution is 0.0952. The Bertz CT molecular complexity index is 883. The molecule has 0 saturated carbocycles. The third kappa shape index (κ3) is 5.68. The van der Waals surface area contributed by atoms with Gasteiger partial charge in [0.15, 0.2) is 0 Å². The zero-order chi connectivity index (χ0) is 20.0. The molecule has 8 heteroatoms. The highest BCUT2D eigenvalue weighted by atomic mass is 32.2. The fourth-order valence-electron chi connectivity index (χ4n) is 2.34. The second-order valence-electron chi connectivity index (χ2n) is 6.18. The van der Waals surface area contributed by atoms with E-state index in [1.807, 2.05) is 13.8 Å². The number of halogens is 1. The molecule has 0 fully saturated rings. The van der Waals surface area contributed by atoms with Gasteiger partial charge in [0.2, 0.25) is 10.0 Å². The average Bonchev–Trinajstić information content (AvgIpc) is 2.61. The van der Waals surface area contributed by atoms with Crippen LogP contribution in [-0.2, 0) is 10.0 Å². The summed E-state index contributed by atoms with van der Waals surface area (Å²) in [6.45, 7) is 3.68. The van der Waals surface area contributed by atoms with Crippen molar-refractivity contribution in [1.29, 1.82) is 0 Å². The molecule has 2 rings (SSSR count). The minimum atomic E-state index is -3.65. The normalized spacial score (nSPS) is 11.3. The first-order valence-electron chi connectivity index (χ1n) is 8.47. The van der Waals surface area contributed by atoms with Crippen LogP contribution >= 0.6 is 0 Å². The summed E-state index contributed by atoms with van der Waals surface area (Å²) in [5.41, 5.74) is 0.357. The molecule has 0 spiro atoms. The molecule has 0 heterocycles. The number of nitrogens with zero attached hydrogens (tertiary/aromatic N) is 1. The molecule has 27 heavy (non-hydrogen) atoms. The number of anilines is 1. The number of hydrogen-bond donors (Lipinski definition) is 1. The van der Waals surface area contributed by atoms with Crippen LogP contribution in [0, 0.1) is 5.82 Å². The molecule has 146 valence electrons. The van der Waals surface area contributed by atoms with E-state index >= 15 is 0 Å². The summed E-state index contributed by atoms with van der Waals surface area (Å²) >= 11 is 0. The topological polar surface area (TPSA) is 75.7 Å². The van der Waals surface area contributed by atoms with Crippen molar-refractivity contribution in [1.82, 2.24) is 5.32 Å². The van der Waals surface area contributed by atoms with Gasteiger partial charge < -0.3 is 10.1 Å². The SMILES string of the molecule is CC(C)Oc1ccc(N(C)S(=O)(=O)CCNC(=O)c2ccccc2F)cc1. The van der Waals surface area contributed by atoms with E-state index in [2.05, 4.69) is 5.32 Å². The molecular weight excluding hydrogens is 371 g/mol. The molecule has 1 amide bonds. The Balaban J connectivity index is 1.95. The zero-order valence-electron chi connectivity index (χ0n) is 15.5. The largest absolute Gasteiger partial charge is 0.491 e. The van der Waals surface area contributed by atoms with Crippen molar-refractivity contribution in [3.63, 3.8) is 0 Å². The predicted molar refractivity (Wildman–Crippen MR) is 103 cm³/mol. The molecule has 2 aromatic rings. The zero-order valence-corrected chi connectivity index (χ0v) is 16.3. The van der Waals surface area contributed by atoms with E-state index in [-0.39, 0.29) is 24.0 Å². The highest BCUT2D eigenvalue weighted by Gasteiger charge is 2.19. The van der Waals surface area contributed by atoms with Crippen molar-refractivity contribution in [2.24, 2.45) is 0 Å². The van der Waals surface area contributed by atoms with Crippen molar-refractivity contribution < 1.29 is 22.3 Å². The fourth-order valence-corrected chi connectivity index (χ4v) is 3.42. The number of amides is 1. The van der Waals surface area contributed by atoms with Gasteiger partial charge in [-0.2, -0.15) is 0 Å². The van der Waals surface area contributed by atoms with Gasteiger partial charge in [0, 0.05) is 13.6 Å². The molecule has 0 aliphatic heterocycles. The van der Waals surface area contributed by atoms with E-state index in [0.717, 1.165) is 4.31 Å².